The fourth-order valence-corrected chi connectivity index (χ4v) is 1.94. The van der Waals surface area contributed by atoms with Crippen LogP contribution < -0.4 is 10.4 Å². The topological polar surface area (TPSA) is 89.7 Å². The smallest absolute Gasteiger partial charge is 0.423 e. The van der Waals surface area contributed by atoms with Gasteiger partial charge in [-0.15, -0.1) is 0 Å². The molecule has 0 spiro atoms. The van der Waals surface area contributed by atoms with E-state index in [-0.39, 0.29) is 6.61 Å². The van der Waals surface area contributed by atoms with Gasteiger partial charge in [0.1, 0.15) is 0 Å². The summed E-state index contributed by atoms with van der Waals surface area (Å²) in [5, 5.41) is 26.9. The van der Waals surface area contributed by atoms with Crippen molar-refractivity contribution in [3.8, 4) is 0 Å². The molecule has 0 aliphatic carbocycles. The van der Waals surface area contributed by atoms with Gasteiger partial charge in [0, 0.05) is 37.6 Å². The molecule has 0 radical (unpaired) electrons. The highest BCUT2D eigenvalue weighted by atomic mass is 16.4. The summed E-state index contributed by atoms with van der Waals surface area (Å²) < 4.78 is 0. The average Bonchev–Trinajstić information content (AvgIpc) is 2.39. The molecule has 1 aromatic heterocycles. The van der Waals surface area contributed by atoms with Crippen LogP contribution in [0.4, 0.5) is 5.95 Å². The van der Waals surface area contributed by atoms with Crippen molar-refractivity contribution in [3.63, 3.8) is 0 Å². The Bertz CT molecular complexity index is 352. The highest BCUT2D eigenvalue weighted by Crippen LogP contribution is 2.19. The Morgan fingerprint density at radius 1 is 1.24 bits per heavy atom. The molecule has 0 atom stereocenters. The first-order chi connectivity index (χ1) is 8.20. The maximum atomic E-state index is 9.04. The van der Waals surface area contributed by atoms with Crippen LogP contribution in [-0.4, -0.2) is 51.9 Å². The molecule has 1 aliphatic heterocycles. The second-order valence-corrected chi connectivity index (χ2v) is 4.30. The average molecular weight is 237 g/mol. The molecule has 0 saturated carbocycles. The Labute approximate surface area is 100 Å². The Morgan fingerprint density at radius 2 is 1.82 bits per heavy atom. The van der Waals surface area contributed by atoms with Crippen molar-refractivity contribution in [3.05, 3.63) is 12.4 Å². The number of rotatable bonds is 3. The van der Waals surface area contributed by atoms with Crippen molar-refractivity contribution in [1.82, 2.24) is 9.97 Å². The lowest BCUT2D eigenvalue weighted by atomic mass is 9.83. The third-order valence-electron chi connectivity index (χ3n) is 3.11. The van der Waals surface area contributed by atoms with Crippen LogP contribution in [-0.2, 0) is 0 Å². The van der Waals surface area contributed by atoms with Crippen molar-refractivity contribution in [1.29, 1.82) is 0 Å². The third kappa shape index (κ3) is 2.93. The standard InChI is InChI=1S/C10H16BN3O3/c15-7-8-1-3-14(4-2-8)10-12-5-9(6-13-10)11(16)17/h5-6,8,15-17H,1-4,7H2. The molecular weight excluding hydrogens is 221 g/mol. The first-order valence-electron chi connectivity index (χ1n) is 5.74. The number of nitrogens with zero attached hydrogens (tertiary/aromatic N) is 3. The molecule has 3 N–H and O–H groups in total. The third-order valence-corrected chi connectivity index (χ3v) is 3.11. The first kappa shape index (κ1) is 12.3. The van der Waals surface area contributed by atoms with E-state index in [1.54, 1.807) is 0 Å². The molecule has 1 saturated heterocycles. The highest BCUT2D eigenvalue weighted by Gasteiger charge is 2.20. The summed E-state index contributed by atoms with van der Waals surface area (Å²) in [6.07, 6.45) is 4.71. The molecular formula is C10H16BN3O3. The number of hydrogen-bond donors (Lipinski definition) is 3. The van der Waals surface area contributed by atoms with Gasteiger partial charge >= 0.3 is 7.12 Å². The SMILES string of the molecule is OCC1CCN(c2ncc(B(O)O)cn2)CC1. The Hall–Kier alpha value is -1.18. The summed E-state index contributed by atoms with van der Waals surface area (Å²) in [5.41, 5.74) is 0.291. The van der Waals surface area contributed by atoms with Crippen LogP contribution in [0.1, 0.15) is 12.8 Å². The van der Waals surface area contributed by atoms with E-state index in [1.807, 2.05) is 4.90 Å². The van der Waals surface area contributed by atoms with Gasteiger partial charge in [0.05, 0.1) is 0 Å². The fourth-order valence-electron chi connectivity index (χ4n) is 1.94. The highest BCUT2D eigenvalue weighted by molar-refractivity contribution is 6.58. The van der Waals surface area contributed by atoms with Crippen LogP contribution in [0.2, 0.25) is 0 Å². The number of hydrogen-bond acceptors (Lipinski definition) is 6. The lowest BCUT2D eigenvalue weighted by Gasteiger charge is -2.31. The molecule has 2 rings (SSSR count). The van der Waals surface area contributed by atoms with Gasteiger partial charge in [-0.05, 0) is 18.8 Å². The van der Waals surface area contributed by atoms with Crippen molar-refractivity contribution in [2.75, 3.05) is 24.6 Å². The fraction of sp³-hybridized carbons (Fsp3) is 0.600. The summed E-state index contributed by atoms with van der Waals surface area (Å²) in [6.45, 7) is 1.89. The van der Waals surface area contributed by atoms with Crippen LogP contribution in [0.15, 0.2) is 12.4 Å². The number of piperidine rings is 1. The summed E-state index contributed by atoms with van der Waals surface area (Å²) in [5.74, 6) is 0.982. The van der Waals surface area contributed by atoms with Gasteiger partial charge in [-0.2, -0.15) is 0 Å². The van der Waals surface area contributed by atoms with E-state index < -0.39 is 7.12 Å². The van der Waals surface area contributed by atoms with Crippen LogP contribution in [0.3, 0.4) is 0 Å². The van der Waals surface area contributed by atoms with Crippen molar-refractivity contribution in [2.24, 2.45) is 5.92 Å². The van der Waals surface area contributed by atoms with Gasteiger partial charge in [0.15, 0.2) is 0 Å². The minimum Gasteiger partial charge on any atom is -0.423 e. The Balaban J connectivity index is 1.99. The second kappa shape index (κ2) is 5.44. The summed E-state index contributed by atoms with van der Waals surface area (Å²) >= 11 is 0. The quantitative estimate of drug-likeness (QED) is 0.546. The molecule has 0 bridgehead atoms. The molecule has 0 aromatic carbocycles. The molecule has 92 valence electrons. The lowest BCUT2D eigenvalue weighted by molar-refractivity contribution is 0.202. The van der Waals surface area contributed by atoms with E-state index in [2.05, 4.69) is 9.97 Å². The molecule has 6 nitrogen and oxygen atoms in total. The van der Waals surface area contributed by atoms with Gasteiger partial charge in [-0.1, -0.05) is 0 Å². The van der Waals surface area contributed by atoms with E-state index in [0.29, 0.717) is 17.3 Å². The lowest BCUT2D eigenvalue weighted by Crippen LogP contribution is -2.37. The molecule has 1 aromatic rings. The zero-order valence-electron chi connectivity index (χ0n) is 9.53. The maximum absolute atomic E-state index is 9.04. The van der Waals surface area contributed by atoms with Crippen LogP contribution >= 0.6 is 0 Å². The van der Waals surface area contributed by atoms with Crippen molar-refractivity contribution >= 4 is 18.5 Å². The molecule has 7 heteroatoms. The van der Waals surface area contributed by atoms with E-state index >= 15 is 0 Å². The van der Waals surface area contributed by atoms with E-state index in [4.69, 9.17) is 15.2 Å². The van der Waals surface area contributed by atoms with Crippen molar-refractivity contribution in [2.45, 2.75) is 12.8 Å². The number of aliphatic hydroxyl groups excluding tert-OH is 1. The zero-order chi connectivity index (χ0) is 12.3. The minimum atomic E-state index is -1.52. The Kier molecular flexibility index (Phi) is 3.93. The van der Waals surface area contributed by atoms with Gasteiger partial charge in [0.2, 0.25) is 5.95 Å². The van der Waals surface area contributed by atoms with Gasteiger partial charge in [-0.3, -0.25) is 0 Å². The molecule has 0 unspecified atom stereocenters. The number of anilines is 1. The van der Waals surface area contributed by atoms with Crippen molar-refractivity contribution < 1.29 is 15.2 Å². The van der Waals surface area contributed by atoms with E-state index in [0.717, 1.165) is 25.9 Å². The largest absolute Gasteiger partial charge is 0.491 e. The van der Waals surface area contributed by atoms with E-state index in [1.165, 1.54) is 12.4 Å². The molecule has 17 heavy (non-hydrogen) atoms. The van der Waals surface area contributed by atoms with Crippen LogP contribution in [0.25, 0.3) is 0 Å². The van der Waals surface area contributed by atoms with Crippen LogP contribution in [0.5, 0.6) is 0 Å². The minimum absolute atomic E-state index is 0.240. The first-order valence-corrected chi connectivity index (χ1v) is 5.74. The molecule has 1 fully saturated rings. The summed E-state index contributed by atoms with van der Waals surface area (Å²) in [6, 6.07) is 0. The zero-order valence-corrected chi connectivity index (χ0v) is 9.53. The number of aromatic nitrogens is 2. The van der Waals surface area contributed by atoms with Crippen LogP contribution in [0, 0.1) is 5.92 Å². The number of aliphatic hydroxyl groups is 1. The molecule has 0 amide bonds. The second-order valence-electron chi connectivity index (χ2n) is 4.30. The normalized spacial score (nSPS) is 17.2. The molecule has 1 aliphatic rings. The van der Waals surface area contributed by atoms with E-state index in [9.17, 15) is 0 Å². The monoisotopic (exact) mass is 237 g/mol. The maximum Gasteiger partial charge on any atom is 0.491 e. The van der Waals surface area contributed by atoms with Gasteiger partial charge in [-0.25, -0.2) is 9.97 Å². The molecule has 2 heterocycles. The Morgan fingerprint density at radius 3 is 2.29 bits per heavy atom. The summed E-state index contributed by atoms with van der Waals surface area (Å²) in [4.78, 5) is 10.3. The van der Waals surface area contributed by atoms with Gasteiger partial charge < -0.3 is 20.1 Å². The predicted octanol–water partition coefficient (Wildman–Crippen LogP) is -1.63. The van der Waals surface area contributed by atoms with Gasteiger partial charge in [0.25, 0.3) is 0 Å². The predicted molar refractivity (Wildman–Crippen MR) is 63.9 cm³/mol. The summed E-state index contributed by atoms with van der Waals surface area (Å²) in [7, 11) is -1.52.